The molecule has 0 saturated heterocycles. The zero-order valence-corrected chi connectivity index (χ0v) is 18.8. The Morgan fingerprint density at radius 2 is 0.821 bits per heavy atom. The first kappa shape index (κ1) is 27.4. The minimum atomic E-state index is 0.547. The van der Waals surface area contributed by atoms with Crippen LogP contribution in [0.1, 0.15) is 96.8 Å². The maximum Gasteiger partial charge on any atom is 0.111 e. The smallest absolute Gasteiger partial charge is 0.111 e. The predicted octanol–water partition coefficient (Wildman–Crippen LogP) is 6.68. The van der Waals surface area contributed by atoms with E-state index in [0.29, 0.717) is 39.6 Å². The fraction of sp³-hybridized carbons (Fsp3) is 0.917. The van der Waals surface area contributed by atoms with E-state index in [-0.39, 0.29) is 0 Å². The topological polar surface area (TPSA) is 36.9 Å². The van der Waals surface area contributed by atoms with Gasteiger partial charge in [-0.15, -0.1) is 0 Å². The van der Waals surface area contributed by atoms with Gasteiger partial charge in [0, 0.05) is 6.61 Å². The minimum Gasteiger partial charge on any atom is -0.499 e. The number of hydrogen-bond acceptors (Lipinski definition) is 4. The Bertz CT molecular complexity index is 284. The van der Waals surface area contributed by atoms with Crippen molar-refractivity contribution in [3.8, 4) is 0 Å². The molecule has 0 aromatic rings. The van der Waals surface area contributed by atoms with Crippen LogP contribution in [0.15, 0.2) is 12.8 Å². The molecule has 0 rings (SSSR count). The first-order valence-corrected chi connectivity index (χ1v) is 11.9. The monoisotopic (exact) mass is 400 g/mol. The van der Waals surface area contributed by atoms with Crippen LogP contribution in [0.2, 0.25) is 0 Å². The van der Waals surface area contributed by atoms with Gasteiger partial charge in [-0.2, -0.15) is 0 Å². The summed E-state index contributed by atoms with van der Waals surface area (Å²) >= 11 is 0. The molecule has 0 heterocycles. The molecule has 0 atom stereocenters. The summed E-state index contributed by atoms with van der Waals surface area (Å²) in [7, 11) is 0. The van der Waals surface area contributed by atoms with E-state index in [2.05, 4.69) is 13.5 Å². The third-order valence-corrected chi connectivity index (χ3v) is 4.85. The van der Waals surface area contributed by atoms with Gasteiger partial charge < -0.3 is 18.9 Å². The van der Waals surface area contributed by atoms with Crippen LogP contribution in [0.5, 0.6) is 0 Å². The second kappa shape index (κ2) is 26.4. The quantitative estimate of drug-likeness (QED) is 0.126. The molecule has 0 aromatic carbocycles. The van der Waals surface area contributed by atoms with Gasteiger partial charge in [0.05, 0.1) is 39.3 Å². The van der Waals surface area contributed by atoms with Crippen LogP contribution in [0, 0.1) is 0 Å². The molecule has 168 valence electrons. The average molecular weight is 401 g/mol. The van der Waals surface area contributed by atoms with Crippen molar-refractivity contribution in [2.75, 3.05) is 46.2 Å². The lowest BCUT2D eigenvalue weighted by Crippen LogP contribution is -2.11. The van der Waals surface area contributed by atoms with Gasteiger partial charge in [-0.1, -0.05) is 97.0 Å². The molecule has 0 saturated carbocycles. The minimum absolute atomic E-state index is 0.547. The molecule has 4 heteroatoms. The van der Waals surface area contributed by atoms with E-state index in [9.17, 15) is 0 Å². The lowest BCUT2D eigenvalue weighted by molar-refractivity contribution is 0.00608. The van der Waals surface area contributed by atoms with Crippen LogP contribution in [0.4, 0.5) is 0 Å². The van der Waals surface area contributed by atoms with Crippen molar-refractivity contribution in [2.24, 2.45) is 0 Å². The highest BCUT2D eigenvalue weighted by atomic mass is 16.6. The van der Waals surface area contributed by atoms with Gasteiger partial charge in [0.1, 0.15) is 6.61 Å². The Balaban J connectivity index is 2.97. The molecule has 0 aliphatic heterocycles. The molecule has 0 radical (unpaired) electrons. The van der Waals surface area contributed by atoms with E-state index in [1.165, 1.54) is 96.2 Å². The zero-order valence-electron chi connectivity index (χ0n) is 18.8. The molecule has 0 spiro atoms. The average Bonchev–Trinajstić information content (AvgIpc) is 2.71. The molecular weight excluding hydrogens is 352 g/mol. The van der Waals surface area contributed by atoms with E-state index >= 15 is 0 Å². The first-order valence-electron chi connectivity index (χ1n) is 11.9. The lowest BCUT2D eigenvalue weighted by atomic mass is 10.0. The molecule has 0 bridgehead atoms. The van der Waals surface area contributed by atoms with E-state index in [4.69, 9.17) is 18.9 Å². The Labute approximate surface area is 175 Å². The standard InChI is InChI=1S/C24H48O4/c1-3-5-6-7-8-9-10-11-12-13-14-15-16-17-18-26-21-22-28-24-23-27-20-19-25-4-2/h4H,2-3,5-24H2,1H3. The van der Waals surface area contributed by atoms with Crippen LogP contribution < -0.4 is 0 Å². The van der Waals surface area contributed by atoms with E-state index in [0.717, 1.165) is 6.61 Å². The predicted molar refractivity (Wildman–Crippen MR) is 119 cm³/mol. The van der Waals surface area contributed by atoms with Crippen molar-refractivity contribution in [2.45, 2.75) is 96.8 Å². The van der Waals surface area contributed by atoms with Gasteiger partial charge in [0.2, 0.25) is 0 Å². The molecule has 0 N–H and O–H groups in total. The van der Waals surface area contributed by atoms with E-state index in [1.807, 2.05) is 0 Å². The maximum absolute atomic E-state index is 5.60. The fourth-order valence-corrected chi connectivity index (χ4v) is 3.13. The second-order valence-corrected chi connectivity index (χ2v) is 7.47. The van der Waals surface area contributed by atoms with Gasteiger partial charge in [-0.3, -0.25) is 0 Å². The third-order valence-electron chi connectivity index (χ3n) is 4.85. The molecule has 4 nitrogen and oxygen atoms in total. The summed E-state index contributed by atoms with van der Waals surface area (Å²) in [5.41, 5.74) is 0. The van der Waals surface area contributed by atoms with Crippen molar-refractivity contribution in [1.29, 1.82) is 0 Å². The van der Waals surface area contributed by atoms with Crippen molar-refractivity contribution in [3.63, 3.8) is 0 Å². The first-order chi connectivity index (χ1) is 13.9. The Morgan fingerprint density at radius 1 is 0.464 bits per heavy atom. The second-order valence-electron chi connectivity index (χ2n) is 7.47. The van der Waals surface area contributed by atoms with Gasteiger partial charge in [-0.05, 0) is 6.42 Å². The molecule has 0 aliphatic carbocycles. The SMILES string of the molecule is C=COCCOCCOCCOCCCCCCCCCCCCCCCC. The molecule has 0 aromatic heterocycles. The van der Waals surface area contributed by atoms with Gasteiger partial charge in [0.15, 0.2) is 0 Å². The molecule has 0 unspecified atom stereocenters. The summed E-state index contributed by atoms with van der Waals surface area (Å²) in [6, 6.07) is 0. The number of unbranched alkanes of at least 4 members (excludes halogenated alkanes) is 13. The van der Waals surface area contributed by atoms with Gasteiger partial charge in [0.25, 0.3) is 0 Å². The Morgan fingerprint density at radius 3 is 1.25 bits per heavy atom. The Kier molecular flexibility index (Phi) is 25.9. The zero-order chi connectivity index (χ0) is 20.4. The van der Waals surface area contributed by atoms with Crippen LogP contribution in [-0.4, -0.2) is 46.2 Å². The molecule has 0 amide bonds. The highest BCUT2D eigenvalue weighted by Crippen LogP contribution is 2.12. The van der Waals surface area contributed by atoms with Crippen LogP contribution in [0.25, 0.3) is 0 Å². The summed E-state index contributed by atoms with van der Waals surface area (Å²) in [6.45, 7) is 10.3. The summed E-state index contributed by atoms with van der Waals surface area (Å²) in [4.78, 5) is 0. The molecule has 0 aliphatic rings. The number of rotatable bonds is 25. The highest BCUT2D eigenvalue weighted by molar-refractivity contribution is 4.49. The third kappa shape index (κ3) is 25.4. The van der Waals surface area contributed by atoms with Gasteiger partial charge in [-0.25, -0.2) is 0 Å². The number of ether oxygens (including phenoxy) is 4. The van der Waals surface area contributed by atoms with Crippen molar-refractivity contribution >= 4 is 0 Å². The highest BCUT2D eigenvalue weighted by Gasteiger charge is 1.95. The fourth-order valence-electron chi connectivity index (χ4n) is 3.13. The largest absolute Gasteiger partial charge is 0.499 e. The Hall–Kier alpha value is -0.580. The lowest BCUT2D eigenvalue weighted by Gasteiger charge is -2.07. The summed E-state index contributed by atoms with van der Waals surface area (Å²) in [6.07, 6.45) is 20.9. The van der Waals surface area contributed by atoms with Crippen molar-refractivity contribution in [3.05, 3.63) is 12.8 Å². The summed E-state index contributed by atoms with van der Waals surface area (Å²) in [5.74, 6) is 0. The molecule has 28 heavy (non-hydrogen) atoms. The normalized spacial score (nSPS) is 11.0. The van der Waals surface area contributed by atoms with Crippen LogP contribution in [0.3, 0.4) is 0 Å². The van der Waals surface area contributed by atoms with Crippen LogP contribution >= 0.6 is 0 Å². The maximum atomic E-state index is 5.60. The van der Waals surface area contributed by atoms with Gasteiger partial charge >= 0.3 is 0 Å². The van der Waals surface area contributed by atoms with E-state index < -0.39 is 0 Å². The number of hydrogen-bond donors (Lipinski definition) is 0. The van der Waals surface area contributed by atoms with E-state index in [1.54, 1.807) is 0 Å². The summed E-state index contributed by atoms with van der Waals surface area (Å²) in [5, 5.41) is 0. The van der Waals surface area contributed by atoms with Crippen molar-refractivity contribution in [1.82, 2.24) is 0 Å². The van der Waals surface area contributed by atoms with Crippen molar-refractivity contribution < 1.29 is 18.9 Å². The van der Waals surface area contributed by atoms with Crippen LogP contribution in [-0.2, 0) is 18.9 Å². The molecule has 0 fully saturated rings. The molecular formula is C24H48O4. The summed E-state index contributed by atoms with van der Waals surface area (Å²) < 4.78 is 21.3.